The molecule has 1 amide bonds. The number of nitrogens with zero attached hydrogens (tertiary/aromatic N) is 2. The van der Waals surface area contributed by atoms with E-state index in [1.54, 1.807) is 24.0 Å². The molecule has 0 radical (unpaired) electrons. The lowest BCUT2D eigenvalue weighted by Gasteiger charge is -2.30. The number of fused-ring (bicyclic) bond motifs is 1. The molecule has 7 heteroatoms. The molecule has 0 aliphatic carbocycles. The van der Waals surface area contributed by atoms with Gasteiger partial charge >= 0.3 is 0 Å². The number of carbonyl (C=O) groups is 1. The van der Waals surface area contributed by atoms with E-state index in [-0.39, 0.29) is 24.0 Å². The quantitative estimate of drug-likeness (QED) is 0.803. The monoisotopic (exact) mass is 402 g/mol. The summed E-state index contributed by atoms with van der Waals surface area (Å²) < 4.78 is 28.1. The van der Waals surface area contributed by atoms with Crippen LogP contribution in [0.5, 0.6) is 0 Å². The van der Waals surface area contributed by atoms with Gasteiger partial charge in [-0.3, -0.25) is 4.79 Å². The lowest BCUT2D eigenvalue weighted by atomic mass is 10.00. The van der Waals surface area contributed by atoms with Gasteiger partial charge in [0.25, 0.3) is 0 Å². The van der Waals surface area contributed by atoms with Crippen molar-refractivity contribution in [3.8, 4) is 0 Å². The summed E-state index contributed by atoms with van der Waals surface area (Å²) in [4.78, 5) is 13.6. The normalized spacial score (nSPS) is 15.4. The first-order valence-electron chi connectivity index (χ1n) is 9.37. The average molecular weight is 403 g/mol. The first-order valence-corrected chi connectivity index (χ1v) is 10.8. The van der Waals surface area contributed by atoms with E-state index >= 15 is 0 Å². The molecule has 0 bridgehead atoms. The second-order valence-electron chi connectivity index (χ2n) is 7.19. The number of benzene rings is 2. The van der Waals surface area contributed by atoms with Crippen LogP contribution in [0.25, 0.3) is 0 Å². The summed E-state index contributed by atoms with van der Waals surface area (Å²) in [7, 11) is -3.81. The fraction of sp³-hybridized carbons (Fsp3) is 0.381. The Balaban J connectivity index is 1.95. The van der Waals surface area contributed by atoms with Gasteiger partial charge in [0.05, 0.1) is 11.5 Å². The molecule has 1 aliphatic heterocycles. The zero-order valence-corrected chi connectivity index (χ0v) is 17.0. The molecule has 150 valence electrons. The van der Waals surface area contributed by atoms with Gasteiger partial charge in [-0.25, -0.2) is 8.42 Å². The molecule has 1 atom stereocenters. The molecule has 0 spiro atoms. The summed E-state index contributed by atoms with van der Waals surface area (Å²) in [6.45, 7) is 4.20. The van der Waals surface area contributed by atoms with Gasteiger partial charge < -0.3 is 10.0 Å². The van der Waals surface area contributed by atoms with Crippen LogP contribution in [-0.4, -0.2) is 47.8 Å². The summed E-state index contributed by atoms with van der Waals surface area (Å²) in [5.41, 5.74) is 2.78. The number of aliphatic hydroxyl groups excluding tert-OH is 1. The third-order valence-corrected chi connectivity index (χ3v) is 7.14. The van der Waals surface area contributed by atoms with Crippen molar-refractivity contribution < 1.29 is 18.3 Å². The van der Waals surface area contributed by atoms with Crippen LogP contribution in [0.2, 0.25) is 0 Å². The van der Waals surface area contributed by atoms with Crippen molar-refractivity contribution in [3.63, 3.8) is 0 Å². The second-order valence-corrected chi connectivity index (χ2v) is 9.08. The predicted octanol–water partition coefficient (Wildman–Crippen LogP) is 2.16. The number of hydrogen-bond acceptors (Lipinski definition) is 4. The van der Waals surface area contributed by atoms with Gasteiger partial charge in [-0.2, -0.15) is 4.31 Å². The predicted molar refractivity (Wildman–Crippen MR) is 107 cm³/mol. The lowest BCUT2D eigenvalue weighted by Crippen LogP contribution is -2.40. The van der Waals surface area contributed by atoms with E-state index in [1.165, 1.54) is 11.2 Å². The van der Waals surface area contributed by atoms with Gasteiger partial charge in [0.2, 0.25) is 15.9 Å². The molecular formula is C21H26N2O4S. The molecule has 2 aromatic rings. The second kappa shape index (κ2) is 8.43. The summed E-state index contributed by atoms with van der Waals surface area (Å²) in [5.74, 6) is -0.0153. The molecule has 0 saturated carbocycles. The van der Waals surface area contributed by atoms with Gasteiger partial charge in [0.1, 0.15) is 0 Å². The van der Waals surface area contributed by atoms with E-state index in [2.05, 4.69) is 0 Å². The molecular weight excluding hydrogens is 376 g/mol. The molecule has 3 rings (SSSR count). The zero-order valence-electron chi connectivity index (χ0n) is 16.2. The number of aliphatic hydroxyl groups is 1. The van der Waals surface area contributed by atoms with Crippen molar-refractivity contribution in [2.45, 2.75) is 44.3 Å². The summed E-state index contributed by atoms with van der Waals surface area (Å²) in [6, 6.07) is 13.9. The smallest absolute Gasteiger partial charge is 0.243 e. The summed E-state index contributed by atoms with van der Waals surface area (Å²) >= 11 is 0. The van der Waals surface area contributed by atoms with Crippen LogP contribution in [0, 0.1) is 0 Å². The molecule has 0 aromatic heterocycles. The Hall–Kier alpha value is -2.22. The summed E-state index contributed by atoms with van der Waals surface area (Å²) in [6.07, 6.45) is 0.718. The number of carbonyl (C=O) groups excluding carboxylic acids is 1. The maximum Gasteiger partial charge on any atom is 0.243 e. The van der Waals surface area contributed by atoms with Crippen LogP contribution < -0.4 is 0 Å². The highest BCUT2D eigenvalue weighted by Gasteiger charge is 2.30. The lowest BCUT2D eigenvalue weighted by molar-refractivity contribution is -0.129. The van der Waals surface area contributed by atoms with Crippen LogP contribution >= 0.6 is 0 Å². The van der Waals surface area contributed by atoms with Gasteiger partial charge in [0, 0.05) is 32.6 Å². The van der Waals surface area contributed by atoms with Gasteiger partial charge in [0.15, 0.2) is 0 Å². The molecule has 2 aromatic carbocycles. The largest absolute Gasteiger partial charge is 0.395 e. The number of amides is 1. The van der Waals surface area contributed by atoms with Gasteiger partial charge in [-0.05, 0) is 42.2 Å². The highest BCUT2D eigenvalue weighted by Crippen LogP contribution is 2.26. The van der Waals surface area contributed by atoms with E-state index in [1.807, 2.05) is 36.4 Å². The van der Waals surface area contributed by atoms with Gasteiger partial charge in [-0.15, -0.1) is 0 Å². The van der Waals surface area contributed by atoms with E-state index in [9.17, 15) is 18.3 Å². The van der Waals surface area contributed by atoms with Crippen molar-refractivity contribution in [1.82, 2.24) is 9.21 Å². The molecule has 1 unspecified atom stereocenters. The third-order valence-electron chi connectivity index (χ3n) is 5.18. The first-order chi connectivity index (χ1) is 13.3. The number of rotatable bonds is 6. The molecule has 1 N–H and O–H groups in total. The zero-order chi connectivity index (χ0) is 20.3. The van der Waals surface area contributed by atoms with Crippen LogP contribution in [0.1, 0.15) is 30.5 Å². The Morgan fingerprint density at radius 3 is 2.54 bits per heavy atom. The molecule has 6 nitrogen and oxygen atoms in total. The van der Waals surface area contributed by atoms with Crippen LogP contribution in [0.15, 0.2) is 53.4 Å². The topological polar surface area (TPSA) is 77.9 Å². The number of hydrogen-bond donors (Lipinski definition) is 1. The van der Waals surface area contributed by atoms with E-state index < -0.39 is 16.1 Å². The highest BCUT2D eigenvalue weighted by molar-refractivity contribution is 7.89. The number of sulfonamides is 1. The van der Waals surface area contributed by atoms with Crippen molar-refractivity contribution in [2.75, 3.05) is 13.2 Å². The molecule has 0 saturated heterocycles. The van der Waals surface area contributed by atoms with E-state index in [0.717, 1.165) is 23.1 Å². The van der Waals surface area contributed by atoms with Gasteiger partial charge in [-0.1, -0.05) is 36.4 Å². The minimum atomic E-state index is -3.81. The van der Waals surface area contributed by atoms with Crippen LogP contribution in [0.3, 0.4) is 0 Å². The Morgan fingerprint density at radius 2 is 1.89 bits per heavy atom. The minimum Gasteiger partial charge on any atom is -0.395 e. The SMILES string of the molecule is CC(=O)N1CCc2ccc(S(=O)(=O)N(Cc3ccccc3)C(C)CO)cc2C1. The Labute approximate surface area is 166 Å². The Bertz CT molecular complexity index is 944. The van der Waals surface area contributed by atoms with E-state index in [0.29, 0.717) is 13.1 Å². The minimum absolute atomic E-state index is 0.0153. The van der Waals surface area contributed by atoms with Crippen molar-refractivity contribution in [1.29, 1.82) is 0 Å². The molecule has 28 heavy (non-hydrogen) atoms. The fourth-order valence-electron chi connectivity index (χ4n) is 3.43. The maximum absolute atomic E-state index is 13.4. The standard InChI is InChI=1S/C21H26N2O4S/c1-16(15-24)23(13-18-6-4-3-5-7-18)28(26,27)21-9-8-19-10-11-22(17(2)25)14-20(19)12-21/h3-9,12,16,24H,10-11,13-15H2,1-2H3. The van der Waals surface area contributed by atoms with Crippen LogP contribution in [-0.2, 0) is 34.3 Å². The van der Waals surface area contributed by atoms with Crippen molar-refractivity contribution in [2.24, 2.45) is 0 Å². The van der Waals surface area contributed by atoms with Crippen molar-refractivity contribution in [3.05, 3.63) is 65.2 Å². The molecule has 1 aliphatic rings. The average Bonchev–Trinajstić information content (AvgIpc) is 2.71. The molecule has 1 heterocycles. The summed E-state index contributed by atoms with van der Waals surface area (Å²) in [5, 5.41) is 9.63. The Morgan fingerprint density at radius 1 is 1.18 bits per heavy atom. The Kier molecular flexibility index (Phi) is 6.17. The maximum atomic E-state index is 13.4. The van der Waals surface area contributed by atoms with E-state index in [4.69, 9.17) is 0 Å². The third kappa shape index (κ3) is 4.27. The van der Waals surface area contributed by atoms with Crippen LogP contribution in [0.4, 0.5) is 0 Å². The molecule has 0 fully saturated rings. The van der Waals surface area contributed by atoms with Crippen molar-refractivity contribution >= 4 is 15.9 Å². The highest BCUT2D eigenvalue weighted by atomic mass is 32.2. The first kappa shape index (κ1) is 20.5. The fourth-order valence-corrected chi connectivity index (χ4v) is 5.09.